The van der Waals surface area contributed by atoms with Crippen LogP contribution in [0.4, 0.5) is 5.69 Å². The van der Waals surface area contributed by atoms with Crippen LogP contribution in [0.2, 0.25) is 0 Å². The molecule has 3 atom stereocenters. The molecule has 2 N–H and O–H groups in total. The number of ether oxygens (including phenoxy) is 1. The van der Waals surface area contributed by atoms with E-state index in [1.165, 1.54) is 36.9 Å². The highest BCUT2D eigenvalue weighted by Crippen LogP contribution is 2.36. The van der Waals surface area contributed by atoms with Crippen molar-refractivity contribution in [1.29, 1.82) is 0 Å². The van der Waals surface area contributed by atoms with E-state index in [-0.39, 0.29) is 6.04 Å². The first kappa shape index (κ1) is 14.4. The minimum Gasteiger partial charge on any atom is -0.374 e. The van der Waals surface area contributed by atoms with Crippen molar-refractivity contribution in [3.05, 3.63) is 28.2 Å². The van der Waals surface area contributed by atoms with Gasteiger partial charge in [-0.1, -0.05) is 18.9 Å². The van der Waals surface area contributed by atoms with Crippen molar-refractivity contribution < 1.29 is 4.74 Å². The number of halogens is 1. The highest BCUT2D eigenvalue weighted by atomic mass is 79.9. The van der Waals surface area contributed by atoms with Crippen molar-refractivity contribution in [2.45, 2.75) is 50.8 Å². The van der Waals surface area contributed by atoms with Gasteiger partial charge >= 0.3 is 0 Å². The topological polar surface area (TPSA) is 38.5 Å². The summed E-state index contributed by atoms with van der Waals surface area (Å²) in [4.78, 5) is 2.53. The number of hydrogen-bond donors (Lipinski definition) is 1. The average Bonchev–Trinajstić information content (AvgIpc) is 2.46. The van der Waals surface area contributed by atoms with Crippen LogP contribution >= 0.6 is 15.9 Å². The summed E-state index contributed by atoms with van der Waals surface area (Å²) in [7, 11) is 0. The Morgan fingerprint density at radius 3 is 2.90 bits per heavy atom. The molecule has 110 valence electrons. The van der Waals surface area contributed by atoms with Crippen LogP contribution in [0.25, 0.3) is 0 Å². The number of nitrogens with zero attached hydrogens (tertiary/aromatic N) is 1. The molecule has 20 heavy (non-hydrogen) atoms. The van der Waals surface area contributed by atoms with Crippen molar-refractivity contribution in [1.82, 2.24) is 0 Å². The molecule has 1 saturated carbocycles. The fraction of sp³-hybridized carbons (Fsp3) is 0.625. The van der Waals surface area contributed by atoms with Crippen LogP contribution in [0.3, 0.4) is 0 Å². The Bertz CT molecular complexity index is 476. The zero-order chi connectivity index (χ0) is 14.1. The quantitative estimate of drug-likeness (QED) is 0.894. The van der Waals surface area contributed by atoms with Gasteiger partial charge in [-0.2, -0.15) is 0 Å². The smallest absolute Gasteiger partial charge is 0.0779 e. The lowest BCUT2D eigenvalue weighted by molar-refractivity contribution is -0.00872. The largest absolute Gasteiger partial charge is 0.374 e. The fourth-order valence-electron chi connectivity index (χ4n) is 3.43. The third-order valence-electron chi connectivity index (χ3n) is 4.54. The number of benzene rings is 1. The number of morpholine rings is 1. The molecule has 0 amide bonds. The van der Waals surface area contributed by atoms with E-state index in [9.17, 15) is 0 Å². The maximum absolute atomic E-state index is 5.96. The first-order chi connectivity index (χ1) is 9.66. The van der Waals surface area contributed by atoms with Crippen LogP contribution in [0.15, 0.2) is 22.7 Å². The number of hydrogen-bond acceptors (Lipinski definition) is 3. The molecule has 4 heteroatoms. The third kappa shape index (κ3) is 2.74. The van der Waals surface area contributed by atoms with Crippen molar-refractivity contribution >= 4 is 21.6 Å². The van der Waals surface area contributed by atoms with Crippen LogP contribution in [0.1, 0.15) is 44.2 Å². The zero-order valence-electron chi connectivity index (χ0n) is 12.0. The fourth-order valence-corrected chi connectivity index (χ4v) is 4.06. The Morgan fingerprint density at radius 1 is 1.35 bits per heavy atom. The molecule has 0 aromatic heterocycles. The van der Waals surface area contributed by atoms with E-state index < -0.39 is 0 Å². The molecule has 0 bridgehead atoms. The van der Waals surface area contributed by atoms with Crippen molar-refractivity contribution in [2.75, 3.05) is 18.1 Å². The van der Waals surface area contributed by atoms with E-state index in [4.69, 9.17) is 10.5 Å². The van der Waals surface area contributed by atoms with Crippen LogP contribution in [0.5, 0.6) is 0 Å². The van der Waals surface area contributed by atoms with Gasteiger partial charge in [0.1, 0.15) is 0 Å². The van der Waals surface area contributed by atoms with Crippen LogP contribution < -0.4 is 10.6 Å². The Morgan fingerprint density at radius 2 is 2.15 bits per heavy atom. The minimum atomic E-state index is 0.0764. The molecule has 1 aromatic carbocycles. The lowest BCUT2D eigenvalue weighted by atomic mass is 9.89. The predicted molar refractivity (Wildman–Crippen MR) is 86.1 cm³/mol. The lowest BCUT2D eigenvalue weighted by Crippen LogP contribution is -2.53. The molecule has 0 spiro atoms. The van der Waals surface area contributed by atoms with Gasteiger partial charge in [0.2, 0.25) is 0 Å². The van der Waals surface area contributed by atoms with Gasteiger partial charge in [0.05, 0.1) is 24.4 Å². The molecule has 1 aliphatic carbocycles. The highest BCUT2D eigenvalue weighted by molar-refractivity contribution is 9.10. The number of anilines is 1. The summed E-state index contributed by atoms with van der Waals surface area (Å²) in [6.07, 6.45) is 5.48. The Labute approximate surface area is 129 Å². The lowest BCUT2D eigenvalue weighted by Gasteiger charge is -2.45. The summed E-state index contributed by atoms with van der Waals surface area (Å²) < 4.78 is 7.11. The first-order valence-electron chi connectivity index (χ1n) is 7.60. The van der Waals surface area contributed by atoms with Gasteiger partial charge in [0, 0.05) is 17.1 Å². The summed E-state index contributed by atoms with van der Waals surface area (Å²) in [6.45, 7) is 3.84. The molecule has 1 saturated heterocycles. The van der Waals surface area contributed by atoms with E-state index in [1.54, 1.807) is 0 Å². The average molecular weight is 339 g/mol. The van der Waals surface area contributed by atoms with Gasteiger partial charge in [0.15, 0.2) is 0 Å². The molecule has 1 heterocycles. The van der Waals surface area contributed by atoms with Crippen LogP contribution in [0, 0.1) is 0 Å². The van der Waals surface area contributed by atoms with E-state index in [2.05, 4.69) is 39.0 Å². The van der Waals surface area contributed by atoms with E-state index in [1.807, 2.05) is 6.92 Å². The molecule has 3 nitrogen and oxygen atoms in total. The maximum Gasteiger partial charge on any atom is 0.0779 e. The third-order valence-corrected chi connectivity index (χ3v) is 5.17. The van der Waals surface area contributed by atoms with Crippen molar-refractivity contribution in [3.63, 3.8) is 0 Å². The van der Waals surface area contributed by atoms with Gasteiger partial charge in [-0.3, -0.25) is 0 Å². The number of nitrogens with two attached hydrogens (primary N) is 1. The molecule has 1 aliphatic heterocycles. The first-order valence-corrected chi connectivity index (χ1v) is 8.39. The second-order valence-corrected chi connectivity index (χ2v) is 6.81. The van der Waals surface area contributed by atoms with E-state index in [0.717, 1.165) is 17.6 Å². The van der Waals surface area contributed by atoms with Gasteiger partial charge in [0.25, 0.3) is 0 Å². The summed E-state index contributed by atoms with van der Waals surface area (Å²) in [6, 6.07) is 7.13. The summed E-state index contributed by atoms with van der Waals surface area (Å²) in [5.41, 5.74) is 8.42. The Kier molecular flexibility index (Phi) is 4.34. The van der Waals surface area contributed by atoms with Gasteiger partial charge in [-0.15, -0.1) is 0 Å². The van der Waals surface area contributed by atoms with Crippen LogP contribution in [-0.2, 0) is 4.74 Å². The second-order valence-electron chi connectivity index (χ2n) is 5.95. The monoisotopic (exact) mass is 338 g/mol. The summed E-state index contributed by atoms with van der Waals surface area (Å²) >= 11 is 3.73. The van der Waals surface area contributed by atoms with Gasteiger partial charge in [-0.25, -0.2) is 0 Å². The van der Waals surface area contributed by atoms with Gasteiger partial charge in [-0.05, 0) is 53.4 Å². The number of fused-ring (bicyclic) bond motifs is 1. The van der Waals surface area contributed by atoms with Crippen LogP contribution in [-0.4, -0.2) is 25.3 Å². The summed E-state index contributed by atoms with van der Waals surface area (Å²) in [5.74, 6) is 0. The SMILES string of the molecule is C[C@@H](N)c1ccc(N2CCOC3CCCCC32)c(Br)c1. The molecule has 1 aromatic rings. The summed E-state index contributed by atoms with van der Waals surface area (Å²) in [5, 5.41) is 0. The molecule has 3 rings (SSSR count). The van der Waals surface area contributed by atoms with E-state index in [0.29, 0.717) is 12.1 Å². The standard InChI is InChI=1S/C16H23BrN2O/c1-11(18)12-6-7-14(13(17)10-12)19-8-9-20-16-5-3-2-4-15(16)19/h6-7,10-11,15-16H,2-5,8-9,18H2,1H3/t11-,15?,16?/m1/s1. The van der Waals surface area contributed by atoms with Gasteiger partial charge < -0.3 is 15.4 Å². The predicted octanol–water partition coefficient (Wildman–Crippen LogP) is 3.62. The maximum atomic E-state index is 5.96. The van der Waals surface area contributed by atoms with E-state index >= 15 is 0 Å². The zero-order valence-corrected chi connectivity index (χ0v) is 13.6. The second kappa shape index (κ2) is 6.04. The molecular weight excluding hydrogens is 316 g/mol. The Hall–Kier alpha value is -0.580. The molecule has 2 unspecified atom stereocenters. The molecule has 2 fully saturated rings. The number of rotatable bonds is 2. The van der Waals surface area contributed by atoms with Crippen molar-refractivity contribution in [2.24, 2.45) is 5.73 Å². The molecular formula is C16H23BrN2O. The minimum absolute atomic E-state index is 0.0764. The normalized spacial score (nSPS) is 28.1. The Balaban J connectivity index is 1.87. The van der Waals surface area contributed by atoms with Crippen molar-refractivity contribution in [3.8, 4) is 0 Å². The highest BCUT2D eigenvalue weighted by Gasteiger charge is 2.34. The molecule has 2 aliphatic rings. The molecule has 0 radical (unpaired) electrons.